The molecule has 0 bridgehead atoms. The van der Waals surface area contributed by atoms with Gasteiger partial charge in [0.05, 0.1) is 0 Å². The van der Waals surface area contributed by atoms with Crippen LogP contribution in [0.5, 0.6) is 0 Å². The zero-order chi connectivity index (χ0) is 13.1. The lowest BCUT2D eigenvalue weighted by Gasteiger charge is -2.47. The molecule has 2 aliphatic heterocycles. The van der Waals surface area contributed by atoms with E-state index >= 15 is 0 Å². The number of piperazine rings is 1. The first kappa shape index (κ1) is 13.6. The molecule has 0 amide bonds. The summed E-state index contributed by atoms with van der Waals surface area (Å²) in [7, 11) is 0. The highest BCUT2D eigenvalue weighted by molar-refractivity contribution is 5.80. The van der Waals surface area contributed by atoms with Crippen LogP contribution in [0.15, 0.2) is 11.6 Å². The number of hydrogen-bond donors (Lipinski definition) is 1. The molecule has 4 nitrogen and oxygen atoms in total. The summed E-state index contributed by atoms with van der Waals surface area (Å²) < 4.78 is 0. The van der Waals surface area contributed by atoms with Gasteiger partial charge in [-0.15, -0.1) is 0 Å². The Labute approximate surface area is 109 Å². The van der Waals surface area contributed by atoms with E-state index in [0.717, 1.165) is 25.2 Å². The second kappa shape index (κ2) is 5.85. The molecule has 0 aromatic heterocycles. The Hall–Kier alpha value is -0.870. The number of nitrogens with zero attached hydrogens (tertiary/aromatic N) is 2. The van der Waals surface area contributed by atoms with Crippen molar-refractivity contribution in [3.63, 3.8) is 0 Å². The van der Waals surface area contributed by atoms with E-state index in [1.54, 1.807) is 0 Å². The zero-order valence-corrected chi connectivity index (χ0v) is 11.4. The predicted molar refractivity (Wildman–Crippen MR) is 71.6 cm³/mol. The number of carbonyl (C=O) groups is 1. The molecule has 102 valence electrons. The van der Waals surface area contributed by atoms with Crippen molar-refractivity contribution in [3.05, 3.63) is 11.6 Å². The van der Waals surface area contributed by atoms with Gasteiger partial charge in [-0.2, -0.15) is 0 Å². The number of carboxylic acids is 1. The summed E-state index contributed by atoms with van der Waals surface area (Å²) >= 11 is 0. The summed E-state index contributed by atoms with van der Waals surface area (Å²) in [4.78, 5) is 15.7. The lowest BCUT2D eigenvalue weighted by Crippen LogP contribution is -2.58. The Balaban J connectivity index is 1.94. The quantitative estimate of drug-likeness (QED) is 0.774. The van der Waals surface area contributed by atoms with Gasteiger partial charge in [-0.1, -0.05) is 12.0 Å². The third kappa shape index (κ3) is 3.33. The maximum atomic E-state index is 10.7. The Bertz CT molecular complexity index is 341. The molecule has 0 aliphatic carbocycles. The molecule has 0 aromatic rings. The fourth-order valence-corrected chi connectivity index (χ4v) is 3.21. The molecular weight excluding hydrogens is 228 g/mol. The van der Waals surface area contributed by atoms with E-state index in [0.29, 0.717) is 12.1 Å². The van der Waals surface area contributed by atoms with Crippen LogP contribution in [0.4, 0.5) is 0 Å². The number of fused-ring (bicyclic) bond motifs is 1. The van der Waals surface area contributed by atoms with Crippen molar-refractivity contribution in [1.82, 2.24) is 9.80 Å². The first-order valence-electron chi connectivity index (χ1n) is 6.94. The third-order valence-corrected chi connectivity index (χ3v) is 4.14. The molecule has 2 fully saturated rings. The van der Waals surface area contributed by atoms with Crippen LogP contribution in [0.2, 0.25) is 0 Å². The van der Waals surface area contributed by atoms with E-state index in [4.69, 9.17) is 5.11 Å². The molecule has 2 rings (SSSR count). The molecule has 18 heavy (non-hydrogen) atoms. The Morgan fingerprint density at radius 1 is 1.39 bits per heavy atom. The van der Waals surface area contributed by atoms with Gasteiger partial charge in [0.1, 0.15) is 0 Å². The van der Waals surface area contributed by atoms with Crippen molar-refractivity contribution in [1.29, 1.82) is 0 Å². The van der Waals surface area contributed by atoms with Gasteiger partial charge in [0.25, 0.3) is 0 Å². The predicted octanol–water partition coefficient (Wildman–Crippen LogP) is 1.58. The summed E-state index contributed by atoms with van der Waals surface area (Å²) in [5.41, 5.74) is 0.943. The maximum absolute atomic E-state index is 10.7. The molecule has 0 aromatic carbocycles. The fourth-order valence-electron chi connectivity index (χ4n) is 3.21. The molecule has 2 heterocycles. The van der Waals surface area contributed by atoms with E-state index in [-0.39, 0.29) is 0 Å². The van der Waals surface area contributed by atoms with Crippen molar-refractivity contribution in [2.45, 2.75) is 45.2 Å². The van der Waals surface area contributed by atoms with Crippen LogP contribution in [0.3, 0.4) is 0 Å². The first-order valence-corrected chi connectivity index (χ1v) is 6.94. The molecule has 2 saturated heterocycles. The number of piperidine rings is 1. The Kier molecular flexibility index (Phi) is 4.40. The third-order valence-electron chi connectivity index (χ3n) is 4.14. The standard InChI is InChI=1S/C14H24N2O2/c1-11(7-14(17)18)8-16-10-13-5-3-4-6-15(13)9-12(16)2/h7,12-13H,3-6,8-10H2,1-2H3,(H,17,18). The highest BCUT2D eigenvalue weighted by Crippen LogP contribution is 2.24. The van der Waals surface area contributed by atoms with Crippen LogP contribution in [0.25, 0.3) is 0 Å². The van der Waals surface area contributed by atoms with Crippen molar-refractivity contribution < 1.29 is 9.90 Å². The molecule has 4 heteroatoms. The van der Waals surface area contributed by atoms with Gasteiger partial charge < -0.3 is 5.11 Å². The van der Waals surface area contributed by atoms with Crippen molar-refractivity contribution >= 4 is 5.97 Å². The summed E-state index contributed by atoms with van der Waals surface area (Å²) in [6, 6.07) is 1.21. The molecule has 2 atom stereocenters. The minimum Gasteiger partial charge on any atom is -0.478 e. The average Bonchev–Trinajstić information content (AvgIpc) is 2.29. The van der Waals surface area contributed by atoms with Crippen LogP contribution in [-0.4, -0.2) is 59.1 Å². The lowest BCUT2D eigenvalue weighted by atomic mass is 9.97. The Morgan fingerprint density at radius 3 is 2.89 bits per heavy atom. The second-order valence-corrected chi connectivity index (χ2v) is 5.75. The van der Waals surface area contributed by atoms with E-state index in [1.807, 2.05) is 6.92 Å². The monoisotopic (exact) mass is 252 g/mol. The van der Waals surface area contributed by atoms with Gasteiger partial charge >= 0.3 is 5.97 Å². The minimum absolute atomic E-state index is 0.525. The molecule has 0 saturated carbocycles. The molecule has 2 aliphatic rings. The highest BCUT2D eigenvalue weighted by Gasteiger charge is 2.32. The van der Waals surface area contributed by atoms with Crippen LogP contribution in [0, 0.1) is 0 Å². The van der Waals surface area contributed by atoms with Gasteiger partial charge in [-0.05, 0) is 33.2 Å². The maximum Gasteiger partial charge on any atom is 0.328 e. The molecule has 1 N–H and O–H groups in total. The summed E-state index contributed by atoms with van der Waals surface area (Å²) in [5, 5.41) is 8.76. The zero-order valence-electron chi connectivity index (χ0n) is 11.4. The van der Waals surface area contributed by atoms with Crippen LogP contribution >= 0.6 is 0 Å². The first-order chi connectivity index (χ1) is 8.56. The molecular formula is C14H24N2O2. The smallest absolute Gasteiger partial charge is 0.328 e. The average molecular weight is 252 g/mol. The van der Waals surface area contributed by atoms with Crippen molar-refractivity contribution in [2.24, 2.45) is 0 Å². The van der Waals surface area contributed by atoms with E-state index < -0.39 is 5.97 Å². The largest absolute Gasteiger partial charge is 0.478 e. The van der Waals surface area contributed by atoms with Crippen molar-refractivity contribution in [3.8, 4) is 0 Å². The number of carboxylic acid groups (broad SMARTS) is 1. The van der Waals surface area contributed by atoms with Gasteiger partial charge in [0, 0.05) is 37.8 Å². The SMILES string of the molecule is CC(=CC(=O)O)CN1CC2CCCCN2CC1C. The van der Waals surface area contributed by atoms with Crippen molar-refractivity contribution in [2.75, 3.05) is 26.2 Å². The fraction of sp³-hybridized carbons (Fsp3) is 0.786. The molecule has 0 spiro atoms. The van der Waals surface area contributed by atoms with Gasteiger partial charge in [-0.25, -0.2) is 4.79 Å². The number of aliphatic carboxylic acids is 1. The van der Waals surface area contributed by atoms with Crippen LogP contribution in [0.1, 0.15) is 33.1 Å². The van der Waals surface area contributed by atoms with E-state index in [9.17, 15) is 4.79 Å². The molecule has 2 unspecified atom stereocenters. The summed E-state index contributed by atoms with van der Waals surface area (Å²) in [6.07, 6.45) is 5.30. The number of rotatable bonds is 3. The van der Waals surface area contributed by atoms with E-state index in [1.165, 1.54) is 31.9 Å². The van der Waals surface area contributed by atoms with Crippen LogP contribution in [-0.2, 0) is 4.79 Å². The molecule has 0 radical (unpaired) electrons. The van der Waals surface area contributed by atoms with Gasteiger partial charge in [0.2, 0.25) is 0 Å². The van der Waals surface area contributed by atoms with E-state index in [2.05, 4.69) is 16.7 Å². The minimum atomic E-state index is -0.837. The summed E-state index contributed by atoms with van der Waals surface area (Å²) in [5.74, 6) is -0.837. The van der Waals surface area contributed by atoms with Gasteiger partial charge in [0.15, 0.2) is 0 Å². The summed E-state index contributed by atoms with van der Waals surface area (Å²) in [6.45, 7) is 8.41. The second-order valence-electron chi connectivity index (χ2n) is 5.75. The Morgan fingerprint density at radius 2 is 2.17 bits per heavy atom. The number of hydrogen-bond acceptors (Lipinski definition) is 3. The normalized spacial score (nSPS) is 31.1. The lowest BCUT2D eigenvalue weighted by molar-refractivity contribution is -0.131. The van der Waals surface area contributed by atoms with Gasteiger partial charge in [-0.3, -0.25) is 9.80 Å². The highest BCUT2D eigenvalue weighted by atomic mass is 16.4. The van der Waals surface area contributed by atoms with Crippen LogP contribution < -0.4 is 0 Å². The topological polar surface area (TPSA) is 43.8 Å².